The van der Waals surface area contributed by atoms with Gasteiger partial charge in [-0.25, -0.2) is 4.79 Å². The van der Waals surface area contributed by atoms with E-state index < -0.39 is 0 Å². The number of likely N-dealkylation sites (tertiary alicyclic amines) is 1. The fraction of sp³-hybridized carbons (Fsp3) is 0.579. The molecule has 1 saturated heterocycles. The molecule has 0 spiro atoms. The highest BCUT2D eigenvalue weighted by molar-refractivity contribution is 5.96. The summed E-state index contributed by atoms with van der Waals surface area (Å²) in [5.74, 6) is 0.342. The molecule has 5 nitrogen and oxygen atoms in total. The number of ether oxygens (including phenoxy) is 1. The number of rotatable bonds is 6. The van der Waals surface area contributed by atoms with Crippen molar-refractivity contribution in [1.82, 2.24) is 9.80 Å². The summed E-state index contributed by atoms with van der Waals surface area (Å²) in [6.07, 6.45) is 2.12. The normalized spacial score (nSPS) is 15.6. The standard InChI is InChI=1S/C19H28N2O3/c1-4-20(5-2)14-15-10-12-21(13-11-15)18(22)16-6-8-17(9-7-16)19(23)24-3/h6-9,15H,4-5,10-14H2,1-3H3. The van der Waals surface area contributed by atoms with Gasteiger partial charge < -0.3 is 14.5 Å². The first-order valence-corrected chi connectivity index (χ1v) is 8.79. The van der Waals surface area contributed by atoms with E-state index in [4.69, 9.17) is 0 Å². The van der Waals surface area contributed by atoms with Crippen LogP contribution >= 0.6 is 0 Å². The second-order valence-corrected chi connectivity index (χ2v) is 6.29. The van der Waals surface area contributed by atoms with Gasteiger partial charge in [-0.3, -0.25) is 4.79 Å². The number of carbonyl (C=O) groups excluding carboxylic acids is 2. The van der Waals surface area contributed by atoms with Crippen molar-refractivity contribution in [3.63, 3.8) is 0 Å². The van der Waals surface area contributed by atoms with Crippen LogP contribution in [0.15, 0.2) is 24.3 Å². The van der Waals surface area contributed by atoms with E-state index >= 15 is 0 Å². The summed E-state index contributed by atoms with van der Waals surface area (Å²) >= 11 is 0. The number of amides is 1. The summed E-state index contributed by atoms with van der Waals surface area (Å²) < 4.78 is 4.68. The molecule has 1 aromatic rings. The van der Waals surface area contributed by atoms with E-state index in [0.717, 1.165) is 45.6 Å². The van der Waals surface area contributed by atoms with Crippen LogP contribution in [0.4, 0.5) is 0 Å². The fourth-order valence-electron chi connectivity index (χ4n) is 3.21. The summed E-state index contributed by atoms with van der Waals surface area (Å²) in [5, 5.41) is 0. The first-order valence-electron chi connectivity index (χ1n) is 8.79. The summed E-state index contributed by atoms with van der Waals surface area (Å²) in [5.41, 5.74) is 1.09. The molecule has 0 saturated carbocycles. The van der Waals surface area contributed by atoms with Crippen LogP contribution in [0, 0.1) is 5.92 Å². The lowest BCUT2D eigenvalue weighted by atomic mass is 9.95. The van der Waals surface area contributed by atoms with E-state index in [1.54, 1.807) is 24.3 Å². The zero-order valence-corrected chi connectivity index (χ0v) is 15.0. The number of hydrogen-bond acceptors (Lipinski definition) is 4. The van der Waals surface area contributed by atoms with E-state index in [1.807, 2.05) is 4.90 Å². The van der Waals surface area contributed by atoms with Crippen LogP contribution in [-0.4, -0.2) is 61.5 Å². The lowest BCUT2D eigenvalue weighted by molar-refractivity contribution is 0.0598. The lowest BCUT2D eigenvalue weighted by Gasteiger charge is -2.34. The molecule has 24 heavy (non-hydrogen) atoms. The average molecular weight is 332 g/mol. The van der Waals surface area contributed by atoms with Crippen molar-refractivity contribution in [2.24, 2.45) is 5.92 Å². The maximum Gasteiger partial charge on any atom is 0.337 e. The first kappa shape index (κ1) is 18.5. The van der Waals surface area contributed by atoms with E-state index in [1.165, 1.54) is 7.11 Å². The molecule has 1 aliphatic heterocycles. The van der Waals surface area contributed by atoms with Crippen LogP contribution in [0.25, 0.3) is 0 Å². The lowest BCUT2D eigenvalue weighted by Crippen LogP contribution is -2.41. The summed E-state index contributed by atoms with van der Waals surface area (Å²) in [7, 11) is 1.35. The molecule has 1 amide bonds. The molecule has 0 unspecified atom stereocenters. The van der Waals surface area contributed by atoms with Gasteiger partial charge in [0.1, 0.15) is 0 Å². The van der Waals surface area contributed by atoms with E-state index in [2.05, 4.69) is 23.5 Å². The van der Waals surface area contributed by atoms with Crippen LogP contribution in [0.1, 0.15) is 47.4 Å². The van der Waals surface area contributed by atoms with Gasteiger partial charge in [-0.15, -0.1) is 0 Å². The maximum absolute atomic E-state index is 12.6. The van der Waals surface area contributed by atoms with Gasteiger partial charge in [0, 0.05) is 25.2 Å². The molecule has 0 atom stereocenters. The third-order valence-corrected chi connectivity index (χ3v) is 4.87. The smallest absolute Gasteiger partial charge is 0.337 e. The second kappa shape index (κ2) is 8.83. The molecule has 2 rings (SSSR count). The maximum atomic E-state index is 12.6. The zero-order chi connectivity index (χ0) is 17.5. The molecular formula is C19H28N2O3. The zero-order valence-electron chi connectivity index (χ0n) is 15.0. The second-order valence-electron chi connectivity index (χ2n) is 6.29. The molecule has 5 heteroatoms. The Morgan fingerprint density at radius 3 is 2.12 bits per heavy atom. The minimum atomic E-state index is -0.383. The predicted molar refractivity (Wildman–Crippen MR) is 94.2 cm³/mol. The number of nitrogens with zero attached hydrogens (tertiary/aromatic N) is 2. The molecule has 0 aromatic heterocycles. The number of esters is 1. The van der Waals surface area contributed by atoms with Crippen LogP contribution in [0.3, 0.4) is 0 Å². The number of carbonyl (C=O) groups is 2. The molecular weight excluding hydrogens is 304 g/mol. The van der Waals surface area contributed by atoms with Crippen molar-refractivity contribution < 1.29 is 14.3 Å². The fourth-order valence-corrected chi connectivity index (χ4v) is 3.21. The first-order chi connectivity index (χ1) is 11.6. The molecule has 0 radical (unpaired) electrons. The van der Waals surface area contributed by atoms with E-state index in [9.17, 15) is 9.59 Å². The Bertz CT molecular complexity index is 544. The third kappa shape index (κ3) is 4.57. The Kier molecular flexibility index (Phi) is 6.79. The summed E-state index contributed by atoms with van der Waals surface area (Å²) in [6.45, 7) is 9.31. The Morgan fingerprint density at radius 2 is 1.62 bits per heavy atom. The van der Waals surface area contributed by atoms with Crippen LogP contribution in [0.2, 0.25) is 0 Å². The molecule has 1 fully saturated rings. The number of benzene rings is 1. The molecule has 0 aliphatic carbocycles. The molecule has 132 valence electrons. The molecule has 0 bridgehead atoms. The summed E-state index contributed by atoms with van der Waals surface area (Å²) in [4.78, 5) is 28.4. The van der Waals surface area contributed by atoms with Crippen LogP contribution in [-0.2, 0) is 4.74 Å². The van der Waals surface area contributed by atoms with Crippen molar-refractivity contribution in [2.75, 3.05) is 39.8 Å². The topological polar surface area (TPSA) is 49.9 Å². The van der Waals surface area contributed by atoms with Crippen molar-refractivity contribution in [2.45, 2.75) is 26.7 Å². The van der Waals surface area contributed by atoms with Gasteiger partial charge in [0.15, 0.2) is 0 Å². The van der Waals surface area contributed by atoms with Gasteiger partial charge in [0.2, 0.25) is 0 Å². The monoisotopic (exact) mass is 332 g/mol. The summed E-state index contributed by atoms with van der Waals surface area (Å²) in [6, 6.07) is 6.70. The van der Waals surface area contributed by atoms with Crippen LogP contribution in [0.5, 0.6) is 0 Å². The highest BCUT2D eigenvalue weighted by Crippen LogP contribution is 2.20. The largest absolute Gasteiger partial charge is 0.465 e. The third-order valence-electron chi connectivity index (χ3n) is 4.87. The minimum Gasteiger partial charge on any atom is -0.465 e. The molecule has 1 aliphatic rings. The Morgan fingerprint density at radius 1 is 1.08 bits per heavy atom. The SMILES string of the molecule is CCN(CC)CC1CCN(C(=O)c2ccc(C(=O)OC)cc2)CC1. The van der Waals surface area contributed by atoms with Crippen molar-refractivity contribution >= 4 is 11.9 Å². The highest BCUT2D eigenvalue weighted by atomic mass is 16.5. The number of methoxy groups -OCH3 is 1. The van der Waals surface area contributed by atoms with E-state index in [0.29, 0.717) is 17.0 Å². The van der Waals surface area contributed by atoms with E-state index in [-0.39, 0.29) is 11.9 Å². The van der Waals surface area contributed by atoms with Gasteiger partial charge in [0.05, 0.1) is 12.7 Å². The Labute approximate surface area is 144 Å². The highest BCUT2D eigenvalue weighted by Gasteiger charge is 2.24. The van der Waals surface area contributed by atoms with Crippen molar-refractivity contribution in [3.05, 3.63) is 35.4 Å². The van der Waals surface area contributed by atoms with Gasteiger partial charge in [0.25, 0.3) is 5.91 Å². The van der Waals surface area contributed by atoms with Crippen molar-refractivity contribution in [3.8, 4) is 0 Å². The quantitative estimate of drug-likeness (QED) is 0.752. The molecule has 1 aromatic carbocycles. The van der Waals surface area contributed by atoms with Gasteiger partial charge >= 0.3 is 5.97 Å². The number of hydrogen-bond donors (Lipinski definition) is 0. The van der Waals surface area contributed by atoms with Crippen molar-refractivity contribution in [1.29, 1.82) is 0 Å². The van der Waals surface area contributed by atoms with Crippen LogP contribution < -0.4 is 0 Å². The van der Waals surface area contributed by atoms with Gasteiger partial charge in [-0.05, 0) is 56.1 Å². The van der Waals surface area contributed by atoms with Gasteiger partial charge in [-0.2, -0.15) is 0 Å². The Balaban J connectivity index is 1.89. The molecule has 0 N–H and O–H groups in total. The number of piperidine rings is 1. The Hall–Kier alpha value is -1.88. The minimum absolute atomic E-state index is 0.0488. The average Bonchev–Trinajstić information content (AvgIpc) is 2.65. The van der Waals surface area contributed by atoms with Gasteiger partial charge in [-0.1, -0.05) is 13.8 Å². The molecule has 1 heterocycles. The predicted octanol–water partition coefficient (Wildman–Crippen LogP) is 2.67.